The molecule has 0 spiro atoms. The van der Waals surface area contributed by atoms with Crippen LogP contribution in [0.3, 0.4) is 0 Å². The molecule has 1 atom stereocenters. The lowest BCUT2D eigenvalue weighted by atomic mass is 9.37. The fraction of sp³-hybridized carbons (Fsp3) is 0.610. The van der Waals surface area contributed by atoms with Crippen molar-refractivity contribution in [3.63, 3.8) is 0 Å². The zero-order valence-corrected chi connectivity index (χ0v) is 31.5. The molecule has 0 radical (unpaired) electrons. The maximum Gasteiger partial charge on any atom is 0.0776 e. The summed E-state index contributed by atoms with van der Waals surface area (Å²) in [7, 11) is 1.63. The molecule has 2 aromatic heterocycles. The molecule has 0 amide bonds. The van der Waals surface area contributed by atoms with Crippen molar-refractivity contribution in [1.29, 1.82) is 0 Å². The molecule has 8 aliphatic rings. The van der Waals surface area contributed by atoms with E-state index in [9.17, 15) is 0 Å². The number of nitrogens with zero attached hydrogens (tertiary/aromatic N) is 2. The molecule has 8 bridgehead atoms. The van der Waals surface area contributed by atoms with Crippen LogP contribution >= 0.6 is 17.2 Å². The second-order valence-corrected chi connectivity index (χ2v) is 26.3. The predicted molar refractivity (Wildman–Crippen MR) is 200 cm³/mol. The number of aromatic nitrogens is 2. The number of rotatable bonds is 8. The molecule has 3 aromatic rings. The van der Waals surface area contributed by atoms with Crippen molar-refractivity contribution in [2.75, 3.05) is 0 Å². The van der Waals surface area contributed by atoms with Gasteiger partial charge in [-0.05, 0) is 159 Å². The Labute approximate surface area is 282 Å². The van der Waals surface area contributed by atoms with E-state index in [1.807, 2.05) is 12.4 Å². The van der Waals surface area contributed by atoms with Gasteiger partial charge >= 0.3 is 0 Å². The molecule has 11 rings (SSSR count). The topological polar surface area (TPSA) is 25.8 Å². The van der Waals surface area contributed by atoms with Gasteiger partial charge in [0.2, 0.25) is 0 Å². The first-order valence-corrected chi connectivity index (χ1v) is 24.3. The SMILES string of the molecule is C[Si](C)(C)c1ccc(C(P)(C23CC4CC(CC(C4)C2)C3)C23CC4CC(CC(C4)C2)C3)c(CP(c2ccccn2)c2ccccn2)c1. The van der Waals surface area contributed by atoms with Crippen LogP contribution in [0, 0.1) is 46.3 Å². The third kappa shape index (κ3) is 4.82. The Balaban J connectivity index is 1.26. The lowest BCUT2D eigenvalue weighted by molar-refractivity contribution is -0.158. The molecule has 5 heteroatoms. The zero-order chi connectivity index (χ0) is 31.3. The monoisotopic (exact) mass is 664 g/mol. The van der Waals surface area contributed by atoms with E-state index in [0.29, 0.717) is 10.8 Å². The summed E-state index contributed by atoms with van der Waals surface area (Å²) < 4.78 is 0. The van der Waals surface area contributed by atoms with E-state index in [2.05, 4.69) is 83.5 Å². The van der Waals surface area contributed by atoms with E-state index in [1.54, 1.807) is 16.3 Å². The molecule has 2 heterocycles. The highest BCUT2D eigenvalue weighted by molar-refractivity contribution is 7.71. The van der Waals surface area contributed by atoms with Crippen molar-refractivity contribution >= 4 is 41.3 Å². The van der Waals surface area contributed by atoms with Crippen molar-refractivity contribution < 1.29 is 0 Å². The lowest BCUT2D eigenvalue weighted by Gasteiger charge is -2.72. The summed E-state index contributed by atoms with van der Waals surface area (Å²) in [5.74, 6) is 5.77. The van der Waals surface area contributed by atoms with Crippen LogP contribution in [0.2, 0.25) is 19.6 Å². The van der Waals surface area contributed by atoms with Crippen LogP contribution < -0.4 is 16.1 Å². The number of pyridine rings is 2. The molecule has 2 nitrogen and oxygen atoms in total. The first-order valence-electron chi connectivity index (χ1n) is 18.7. The Morgan fingerprint density at radius 1 is 0.674 bits per heavy atom. The van der Waals surface area contributed by atoms with Crippen LogP contribution in [0.1, 0.15) is 88.2 Å². The quantitative estimate of drug-likeness (QED) is 0.177. The van der Waals surface area contributed by atoms with E-state index in [0.717, 1.165) is 41.7 Å². The Hall–Kier alpha value is -1.40. The van der Waals surface area contributed by atoms with Gasteiger partial charge in [0.1, 0.15) is 0 Å². The minimum Gasteiger partial charge on any atom is -0.256 e. The average molecular weight is 665 g/mol. The van der Waals surface area contributed by atoms with Crippen LogP contribution in [0.15, 0.2) is 67.0 Å². The second kappa shape index (κ2) is 11.1. The first-order chi connectivity index (χ1) is 22.1. The zero-order valence-electron chi connectivity index (χ0n) is 28.4. The van der Waals surface area contributed by atoms with Crippen molar-refractivity contribution in [3.05, 3.63) is 78.1 Å². The smallest absolute Gasteiger partial charge is 0.0776 e. The molecule has 8 aliphatic carbocycles. The molecule has 8 fully saturated rings. The number of hydrogen-bond acceptors (Lipinski definition) is 2. The molecule has 1 aromatic carbocycles. The summed E-state index contributed by atoms with van der Waals surface area (Å²) >= 11 is 0. The Morgan fingerprint density at radius 3 is 1.48 bits per heavy atom. The van der Waals surface area contributed by atoms with E-state index < -0.39 is 16.0 Å². The maximum atomic E-state index is 5.02. The third-order valence-electron chi connectivity index (χ3n) is 14.3. The van der Waals surface area contributed by atoms with E-state index in [1.165, 1.54) is 87.9 Å². The molecule has 0 saturated heterocycles. The summed E-state index contributed by atoms with van der Waals surface area (Å²) in [6.45, 7) is 7.62. The van der Waals surface area contributed by atoms with Crippen LogP contribution in [-0.4, -0.2) is 18.0 Å². The van der Waals surface area contributed by atoms with Crippen LogP contribution in [0.25, 0.3) is 0 Å². The summed E-state index contributed by atoms with van der Waals surface area (Å²) in [4.78, 5) is 10.0. The minimum absolute atomic E-state index is 0.147. The average Bonchev–Trinajstić information content (AvgIpc) is 3.02. The Morgan fingerprint density at radius 2 is 1.11 bits per heavy atom. The van der Waals surface area contributed by atoms with Gasteiger partial charge in [-0.15, -0.1) is 9.24 Å². The van der Waals surface area contributed by atoms with E-state index in [4.69, 9.17) is 9.97 Å². The highest BCUT2D eigenvalue weighted by atomic mass is 31.1. The third-order valence-corrected chi connectivity index (χ3v) is 20.2. The molecule has 1 unspecified atom stereocenters. The predicted octanol–water partition coefficient (Wildman–Crippen LogP) is 9.16. The summed E-state index contributed by atoms with van der Waals surface area (Å²) in [5.41, 5.74) is 6.67. The normalized spacial score (nSPS) is 37.2. The van der Waals surface area contributed by atoms with Gasteiger partial charge < -0.3 is 0 Å². The van der Waals surface area contributed by atoms with Crippen molar-refractivity contribution in [1.82, 2.24) is 9.97 Å². The van der Waals surface area contributed by atoms with Crippen LogP contribution in [0.5, 0.6) is 0 Å². The van der Waals surface area contributed by atoms with Crippen molar-refractivity contribution in [3.8, 4) is 0 Å². The van der Waals surface area contributed by atoms with E-state index in [-0.39, 0.29) is 5.16 Å². The molecular formula is C41H54N2P2Si. The largest absolute Gasteiger partial charge is 0.256 e. The van der Waals surface area contributed by atoms with Crippen LogP contribution in [0.4, 0.5) is 0 Å². The molecule has 0 N–H and O–H groups in total. The maximum absolute atomic E-state index is 5.02. The van der Waals surface area contributed by atoms with Gasteiger partial charge in [-0.2, -0.15) is 0 Å². The number of hydrogen-bond donors (Lipinski definition) is 0. The minimum atomic E-state index is -1.53. The second-order valence-electron chi connectivity index (χ2n) is 18.3. The summed E-state index contributed by atoms with van der Waals surface area (Å²) in [5, 5.41) is 1.76. The van der Waals surface area contributed by atoms with Gasteiger partial charge in [-0.25, -0.2) is 0 Å². The molecular weight excluding hydrogens is 610 g/mol. The highest BCUT2D eigenvalue weighted by Crippen LogP contribution is 2.78. The fourth-order valence-corrected chi connectivity index (χ4v) is 17.7. The van der Waals surface area contributed by atoms with Gasteiger partial charge in [0, 0.05) is 31.6 Å². The van der Waals surface area contributed by atoms with E-state index >= 15 is 0 Å². The van der Waals surface area contributed by atoms with Gasteiger partial charge in [-0.1, -0.05) is 55.2 Å². The van der Waals surface area contributed by atoms with Gasteiger partial charge in [0.25, 0.3) is 0 Å². The standard InChI is InChI=1S/C41H54N2P2Si/c1-46(2,3)35-10-11-36(34(20-35)27-45(37-8-4-6-12-42-37)38-9-5-7-13-43-38)41(44,39-21-28-14-29(22-39)16-30(15-28)23-39)40-24-31-17-32(25-40)19-33(18-31)26-40/h4-13,20,28-33H,14-19,21-27,44H2,1-3H3. The fourth-order valence-electron chi connectivity index (χ4n) is 13.4. The molecule has 8 saturated carbocycles. The Bertz CT molecular complexity index is 1440. The van der Waals surface area contributed by atoms with Gasteiger partial charge in [-0.3, -0.25) is 9.97 Å². The molecule has 0 aliphatic heterocycles. The summed E-state index contributed by atoms with van der Waals surface area (Å²) in [6, 6.07) is 21.1. The van der Waals surface area contributed by atoms with Gasteiger partial charge in [0.05, 0.1) is 18.9 Å². The molecule has 242 valence electrons. The number of benzene rings is 1. The van der Waals surface area contributed by atoms with Gasteiger partial charge in [0.15, 0.2) is 0 Å². The highest BCUT2D eigenvalue weighted by Gasteiger charge is 2.69. The van der Waals surface area contributed by atoms with Crippen molar-refractivity contribution in [2.45, 2.75) is 108 Å². The van der Waals surface area contributed by atoms with Crippen molar-refractivity contribution in [2.24, 2.45) is 46.3 Å². The lowest BCUT2D eigenvalue weighted by Crippen LogP contribution is -2.64. The first kappa shape index (κ1) is 30.6. The summed E-state index contributed by atoms with van der Waals surface area (Å²) in [6.07, 6.45) is 23.1. The Kier molecular flexibility index (Phi) is 7.36. The van der Waals surface area contributed by atoms with Crippen LogP contribution in [-0.2, 0) is 11.3 Å². The molecule has 46 heavy (non-hydrogen) atoms.